The second-order valence-electron chi connectivity index (χ2n) is 4.59. The zero-order chi connectivity index (χ0) is 15.2. The monoisotopic (exact) mass is 322 g/mol. The maximum absolute atomic E-state index is 11.9. The van der Waals surface area contributed by atoms with Crippen LogP contribution in [0.3, 0.4) is 0 Å². The third-order valence-electron chi connectivity index (χ3n) is 2.68. The molecule has 0 spiro atoms. The molecule has 0 aliphatic heterocycles. The maximum atomic E-state index is 11.9. The molecule has 0 saturated heterocycles. The number of rotatable bonds is 6. The molecule has 0 fully saturated rings. The van der Waals surface area contributed by atoms with Crippen molar-refractivity contribution in [3.63, 3.8) is 0 Å². The molecule has 1 heterocycles. The Balaban J connectivity index is 1.99. The quantitative estimate of drug-likeness (QED) is 0.829. The van der Waals surface area contributed by atoms with Gasteiger partial charge in [0.2, 0.25) is 5.13 Å². The van der Waals surface area contributed by atoms with E-state index in [0.717, 1.165) is 27.3 Å². The van der Waals surface area contributed by atoms with Crippen molar-refractivity contribution in [1.82, 2.24) is 15.1 Å². The predicted octanol–water partition coefficient (Wildman–Crippen LogP) is 2.96. The van der Waals surface area contributed by atoms with Gasteiger partial charge in [-0.2, -0.15) is 0 Å². The second-order valence-corrected chi connectivity index (χ2v) is 6.79. The van der Waals surface area contributed by atoms with Crippen molar-refractivity contribution in [1.29, 1.82) is 0 Å². The second kappa shape index (κ2) is 7.42. The summed E-state index contributed by atoms with van der Waals surface area (Å²) in [6.45, 7) is 2.87. The van der Waals surface area contributed by atoms with Crippen LogP contribution >= 0.6 is 23.1 Å². The van der Waals surface area contributed by atoms with Gasteiger partial charge in [-0.3, -0.25) is 4.79 Å². The standard InChI is InChI=1S/C14H18N4OS2/c1-4-15-13-16-17-14(21-13)20-9-10-6-5-7-11(8-10)12(19)18(2)3/h5-8H,4,9H2,1-3H3,(H,15,16). The third kappa shape index (κ3) is 4.44. The Morgan fingerprint density at radius 3 is 2.90 bits per heavy atom. The van der Waals surface area contributed by atoms with Crippen LogP contribution in [0.1, 0.15) is 22.8 Å². The van der Waals surface area contributed by atoms with Crippen LogP contribution in [-0.4, -0.2) is 41.6 Å². The fraction of sp³-hybridized carbons (Fsp3) is 0.357. The lowest BCUT2D eigenvalue weighted by molar-refractivity contribution is 0.0827. The number of carbonyl (C=O) groups is 1. The van der Waals surface area contributed by atoms with Gasteiger partial charge in [0.1, 0.15) is 0 Å². The van der Waals surface area contributed by atoms with Crippen molar-refractivity contribution in [2.75, 3.05) is 26.0 Å². The lowest BCUT2D eigenvalue weighted by Gasteiger charge is -2.10. The Kier molecular flexibility index (Phi) is 5.58. The lowest BCUT2D eigenvalue weighted by Crippen LogP contribution is -2.21. The zero-order valence-corrected chi connectivity index (χ0v) is 13.9. The van der Waals surface area contributed by atoms with Gasteiger partial charge in [-0.1, -0.05) is 35.2 Å². The number of nitrogens with zero attached hydrogens (tertiary/aromatic N) is 3. The summed E-state index contributed by atoms with van der Waals surface area (Å²) in [6, 6.07) is 7.70. The molecule has 5 nitrogen and oxygen atoms in total. The number of aromatic nitrogens is 2. The molecule has 1 aromatic heterocycles. The maximum Gasteiger partial charge on any atom is 0.253 e. The SMILES string of the molecule is CCNc1nnc(SCc2cccc(C(=O)N(C)C)c2)s1. The Bertz CT molecular complexity index is 613. The molecule has 0 aliphatic carbocycles. The molecule has 0 bridgehead atoms. The van der Waals surface area contributed by atoms with Crippen LogP contribution in [0.2, 0.25) is 0 Å². The van der Waals surface area contributed by atoms with Crippen LogP contribution in [0.5, 0.6) is 0 Å². The van der Waals surface area contributed by atoms with Gasteiger partial charge < -0.3 is 10.2 Å². The minimum absolute atomic E-state index is 0.0206. The van der Waals surface area contributed by atoms with Crippen LogP contribution in [0, 0.1) is 0 Å². The average molecular weight is 322 g/mol. The zero-order valence-electron chi connectivity index (χ0n) is 12.3. The van der Waals surface area contributed by atoms with Gasteiger partial charge in [0, 0.05) is 32.0 Å². The van der Waals surface area contributed by atoms with Gasteiger partial charge in [-0.05, 0) is 24.6 Å². The van der Waals surface area contributed by atoms with E-state index in [9.17, 15) is 4.79 Å². The minimum Gasteiger partial charge on any atom is -0.360 e. The summed E-state index contributed by atoms with van der Waals surface area (Å²) in [5.74, 6) is 0.794. The first-order valence-corrected chi connectivity index (χ1v) is 8.41. The molecular formula is C14H18N4OS2. The fourth-order valence-corrected chi connectivity index (χ4v) is 3.45. The summed E-state index contributed by atoms with van der Waals surface area (Å²) in [5.41, 5.74) is 1.82. The lowest BCUT2D eigenvalue weighted by atomic mass is 10.1. The molecule has 112 valence electrons. The molecule has 2 rings (SSSR count). The highest BCUT2D eigenvalue weighted by molar-refractivity contribution is 8.00. The topological polar surface area (TPSA) is 58.1 Å². The summed E-state index contributed by atoms with van der Waals surface area (Å²) < 4.78 is 0.926. The van der Waals surface area contributed by atoms with Crippen molar-refractivity contribution < 1.29 is 4.79 Å². The number of benzene rings is 1. The average Bonchev–Trinajstić information content (AvgIpc) is 2.92. The normalized spacial score (nSPS) is 10.4. The van der Waals surface area contributed by atoms with E-state index in [4.69, 9.17) is 0 Å². The summed E-state index contributed by atoms with van der Waals surface area (Å²) in [4.78, 5) is 13.5. The molecule has 0 radical (unpaired) electrons. The molecule has 1 aromatic carbocycles. The van der Waals surface area contributed by atoms with Gasteiger partial charge >= 0.3 is 0 Å². The summed E-state index contributed by atoms with van der Waals surface area (Å²) in [5, 5.41) is 12.2. The van der Waals surface area contributed by atoms with Crippen LogP contribution in [-0.2, 0) is 5.75 Å². The van der Waals surface area contributed by atoms with Crippen LogP contribution in [0.15, 0.2) is 28.6 Å². The van der Waals surface area contributed by atoms with E-state index in [1.165, 1.54) is 0 Å². The van der Waals surface area contributed by atoms with E-state index in [0.29, 0.717) is 5.56 Å². The third-order valence-corrected chi connectivity index (χ3v) is 4.76. The predicted molar refractivity (Wildman–Crippen MR) is 88.1 cm³/mol. The highest BCUT2D eigenvalue weighted by atomic mass is 32.2. The van der Waals surface area contributed by atoms with E-state index in [1.54, 1.807) is 42.1 Å². The van der Waals surface area contributed by atoms with E-state index in [1.807, 2.05) is 31.2 Å². The number of carbonyl (C=O) groups excluding carboxylic acids is 1. The number of nitrogens with one attached hydrogen (secondary N) is 1. The van der Waals surface area contributed by atoms with Crippen molar-refractivity contribution >= 4 is 34.1 Å². The van der Waals surface area contributed by atoms with Crippen LogP contribution < -0.4 is 5.32 Å². The number of hydrogen-bond donors (Lipinski definition) is 1. The van der Waals surface area contributed by atoms with Gasteiger partial charge in [-0.25, -0.2) is 0 Å². The molecular weight excluding hydrogens is 304 g/mol. The Morgan fingerprint density at radius 2 is 2.19 bits per heavy atom. The van der Waals surface area contributed by atoms with Crippen LogP contribution in [0.25, 0.3) is 0 Å². The summed E-state index contributed by atoms with van der Waals surface area (Å²) >= 11 is 3.18. The van der Waals surface area contributed by atoms with Crippen molar-refractivity contribution in [2.45, 2.75) is 17.0 Å². The van der Waals surface area contributed by atoms with E-state index in [-0.39, 0.29) is 5.91 Å². The molecule has 1 amide bonds. The summed E-state index contributed by atoms with van der Waals surface area (Å²) in [7, 11) is 3.51. The Hall–Kier alpha value is -1.60. The van der Waals surface area contributed by atoms with Gasteiger partial charge in [-0.15, -0.1) is 10.2 Å². The first-order chi connectivity index (χ1) is 10.1. The Morgan fingerprint density at radius 1 is 1.38 bits per heavy atom. The highest BCUT2D eigenvalue weighted by Gasteiger charge is 2.09. The van der Waals surface area contributed by atoms with Gasteiger partial charge in [0.25, 0.3) is 5.91 Å². The first kappa shape index (κ1) is 15.8. The molecule has 0 unspecified atom stereocenters. The molecule has 0 atom stereocenters. The highest BCUT2D eigenvalue weighted by Crippen LogP contribution is 2.28. The van der Waals surface area contributed by atoms with E-state index >= 15 is 0 Å². The molecule has 0 saturated carbocycles. The van der Waals surface area contributed by atoms with Gasteiger partial charge in [0.05, 0.1) is 0 Å². The van der Waals surface area contributed by atoms with Crippen molar-refractivity contribution in [3.8, 4) is 0 Å². The fourth-order valence-electron chi connectivity index (χ4n) is 1.69. The van der Waals surface area contributed by atoms with E-state index in [2.05, 4.69) is 15.5 Å². The molecule has 0 aliphatic rings. The Labute approximate surface area is 132 Å². The smallest absolute Gasteiger partial charge is 0.253 e. The molecule has 21 heavy (non-hydrogen) atoms. The first-order valence-electron chi connectivity index (χ1n) is 6.61. The van der Waals surface area contributed by atoms with Gasteiger partial charge in [0.15, 0.2) is 4.34 Å². The molecule has 1 N–H and O–H groups in total. The van der Waals surface area contributed by atoms with Crippen LogP contribution in [0.4, 0.5) is 5.13 Å². The number of thioether (sulfide) groups is 1. The minimum atomic E-state index is 0.0206. The number of amides is 1. The number of anilines is 1. The molecule has 2 aromatic rings. The van der Waals surface area contributed by atoms with E-state index < -0.39 is 0 Å². The largest absolute Gasteiger partial charge is 0.360 e. The molecule has 7 heteroatoms. The van der Waals surface area contributed by atoms with Crippen molar-refractivity contribution in [3.05, 3.63) is 35.4 Å². The van der Waals surface area contributed by atoms with Crippen molar-refractivity contribution in [2.24, 2.45) is 0 Å². The summed E-state index contributed by atoms with van der Waals surface area (Å²) in [6.07, 6.45) is 0. The number of hydrogen-bond acceptors (Lipinski definition) is 6.